The minimum absolute atomic E-state index is 0.112. The first-order valence-corrected chi connectivity index (χ1v) is 11.6. The van der Waals surface area contributed by atoms with Crippen LogP contribution in [-0.2, 0) is 6.42 Å². The zero-order valence-corrected chi connectivity index (χ0v) is 17.9. The molecule has 0 amide bonds. The van der Waals surface area contributed by atoms with Crippen LogP contribution in [0.1, 0.15) is 64.9 Å². The molecule has 3 atom stereocenters. The predicted molar refractivity (Wildman–Crippen MR) is 116 cm³/mol. The summed E-state index contributed by atoms with van der Waals surface area (Å²) in [4.78, 5) is 17.9. The summed E-state index contributed by atoms with van der Waals surface area (Å²) < 4.78 is 0. The normalized spacial score (nSPS) is 23.2. The van der Waals surface area contributed by atoms with E-state index in [0.29, 0.717) is 10.8 Å². The Balaban J connectivity index is 1.35. The Kier molecular flexibility index (Phi) is 6.42. The molecule has 1 saturated carbocycles. The van der Waals surface area contributed by atoms with Crippen molar-refractivity contribution in [2.45, 2.75) is 62.5 Å². The lowest BCUT2D eigenvalue weighted by Gasteiger charge is -2.31. The number of hydrogen-bond donors (Lipinski definition) is 2. The molecule has 0 radical (unpaired) electrons. The van der Waals surface area contributed by atoms with Crippen molar-refractivity contribution in [3.8, 4) is 0 Å². The van der Waals surface area contributed by atoms with Crippen LogP contribution in [0.4, 0.5) is 5.69 Å². The monoisotopic (exact) mass is 434 g/mol. The van der Waals surface area contributed by atoms with Crippen LogP contribution in [0.2, 0.25) is 0 Å². The number of hydrogen-bond acceptors (Lipinski definition) is 5. The quantitative estimate of drug-likeness (QED) is 0.579. The van der Waals surface area contributed by atoms with Crippen LogP contribution >= 0.6 is 22.9 Å². The fourth-order valence-electron chi connectivity index (χ4n) is 4.35. The lowest BCUT2D eigenvalue weighted by molar-refractivity contribution is 0.0621. The van der Waals surface area contributed by atoms with Crippen molar-refractivity contribution >= 4 is 34.6 Å². The minimum Gasteiger partial charge on any atom is -0.477 e. The molecule has 2 heterocycles. The van der Waals surface area contributed by atoms with Crippen molar-refractivity contribution < 1.29 is 15.0 Å². The Bertz CT molecular complexity index is 837. The van der Waals surface area contributed by atoms with E-state index in [0.717, 1.165) is 61.3 Å². The van der Waals surface area contributed by atoms with Gasteiger partial charge in [0.2, 0.25) is 0 Å². The number of aromatic carboxylic acids is 1. The van der Waals surface area contributed by atoms with Crippen molar-refractivity contribution in [2.24, 2.45) is 5.92 Å². The van der Waals surface area contributed by atoms with E-state index in [-0.39, 0.29) is 17.5 Å². The molecule has 29 heavy (non-hydrogen) atoms. The summed E-state index contributed by atoms with van der Waals surface area (Å²) in [5.41, 5.74) is 2.17. The largest absolute Gasteiger partial charge is 0.477 e. The first kappa shape index (κ1) is 20.6. The number of aryl methyl sites for hydroxylation is 1. The van der Waals surface area contributed by atoms with Gasteiger partial charge in [-0.1, -0.05) is 18.6 Å². The van der Waals surface area contributed by atoms with Crippen LogP contribution in [0.5, 0.6) is 0 Å². The number of anilines is 1. The second-order valence-electron chi connectivity index (χ2n) is 8.11. The molecule has 1 aromatic carbocycles. The topological polar surface area (TPSA) is 73.7 Å². The highest BCUT2D eigenvalue weighted by molar-refractivity contribution is 7.13. The summed E-state index contributed by atoms with van der Waals surface area (Å²) in [5.74, 6) is -0.498. The molecule has 5 nitrogen and oxygen atoms in total. The number of thiazole rings is 1. The third-order valence-electron chi connectivity index (χ3n) is 6.28. The molecule has 1 aliphatic heterocycles. The van der Waals surface area contributed by atoms with Crippen LogP contribution in [0.3, 0.4) is 0 Å². The third-order valence-corrected chi connectivity index (χ3v) is 7.84. The minimum atomic E-state index is -0.914. The van der Waals surface area contributed by atoms with Crippen molar-refractivity contribution in [3.63, 3.8) is 0 Å². The van der Waals surface area contributed by atoms with Crippen LogP contribution in [0, 0.1) is 5.92 Å². The van der Waals surface area contributed by atoms with Crippen molar-refractivity contribution in [1.82, 2.24) is 4.98 Å². The molecule has 7 heteroatoms. The molecule has 3 unspecified atom stereocenters. The Morgan fingerprint density at radius 1 is 1.28 bits per heavy atom. The second-order valence-corrected chi connectivity index (χ2v) is 9.78. The summed E-state index contributed by atoms with van der Waals surface area (Å²) in [6, 6.07) is 8.59. The molecular weight excluding hydrogens is 408 g/mol. The first-order valence-electron chi connectivity index (χ1n) is 10.4. The lowest BCUT2D eigenvalue weighted by atomic mass is 9.79. The van der Waals surface area contributed by atoms with Gasteiger partial charge in [0.25, 0.3) is 0 Å². The van der Waals surface area contributed by atoms with E-state index < -0.39 is 5.97 Å². The van der Waals surface area contributed by atoms with Crippen LogP contribution in [0.15, 0.2) is 30.5 Å². The molecule has 2 aliphatic rings. The Morgan fingerprint density at radius 3 is 2.66 bits per heavy atom. The number of aliphatic hydroxyl groups excluding tert-OH is 1. The van der Waals surface area contributed by atoms with Crippen LogP contribution in [0.25, 0.3) is 0 Å². The van der Waals surface area contributed by atoms with E-state index in [4.69, 9.17) is 16.7 Å². The van der Waals surface area contributed by atoms with Gasteiger partial charge >= 0.3 is 5.97 Å². The molecule has 156 valence electrons. The van der Waals surface area contributed by atoms with Gasteiger partial charge in [0.1, 0.15) is 4.88 Å². The zero-order chi connectivity index (χ0) is 20.4. The lowest BCUT2D eigenvalue weighted by Crippen LogP contribution is -2.33. The van der Waals surface area contributed by atoms with Gasteiger partial charge in [-0.3, -0.25) is 0 Å². The molecule has 4 rings (SSSR count). The van der Waals surface area contributed by atoms with Gasteiger partial charge < -0.3 is 15.1 Å². The molecular formula is C22H27ClN2O3S. The van der Waals surface area contributed by atoms with Gasteiger partial charge in [0, 0.05) is 18.3 Å². The molecule has 2 N–H and O–H groups in total. The molecule has 1 saturated heterocycles. The summed E-state index contributed by atoms with van der Waals surface area (Å²) in [6.07, 6.45) is 8.17. The van der Waals surface area contributed by atoms with E-state index >= 15 is 0 Å². The Hall–Kier alpha value is -1.63. The van der Waals surface area contributed by atoms with E-state index in [2.05, 4.69) is 34.1 Å². The van der Waals surface area contributed by atoms with Gasteiger partial charge in [-0.25, -0.2) is 9.78 Å². The maximum atomic E-state index is 11.0. The van der Waals surface area contributed by atoms with Crippen molar-refractivity contribution in [2.75, 3.05) is 11.4 Å². The molecule has 0 bridgehead atoms. The second kappa shape index (κ2) is 9.02. The maximum absolute atomic E-state index is 11.0. The predicted octanol–water partition coefficient (Wildman–Crippen LogP) is 4.88. The average Bonchev–Trinajstić information content (AvgIpc) is 3.28. The number of aliphatic hydroxyl groups is 1. The van der Waals surface area contributed by atoms with Crippen LogP contribution < -0.4 is 4.90 Å². The Labute approximate surface area is 180 Å². The number of carbonyl (C=O) groups is 1. The summed E-state index contributed by atoms with van der Waals surface area (Å²) in [6.45, 7) is 0.934. The molecule has 2 aromatic rings. The third kappa shape index (κ3) is 4.60. The number of halogens is 1. The number of nitrogens with zero attached hydrogens (tertiary/aromatic N) is 2. The molecule has 1 aromatic heterocycles. The molecule has 2 fully saturated rings. The number of carboxylic acids is 1. The maximum Gasteiger partial charge on any atom is 0.347 e. The van der Waals surface area contributed by atoms with Gasteiger partial charge in [-0.15, -0.1) is 22.9 Å². The van der Waals surface area contributed by atoms with Crippen molar-refractivity contribution in [3.05, 3.63) is 45.9 Å². The van der Waals surface area contributed by atoms with Gasteiger partial charge in [0.05, 0.1) is 22.7 Å². The highest BCUT2D eigenvalue weighted by Gasteiger charge is 2.33. The number of rotatable bonds is 8. The van der Waals surface area contributed by atoms with E-state index in [1.165, 1.54) is 24.0 Å². The first-order chi connectivity index (χ1) is 14.0. The fourth-order valence-corrected chi connectivity index (χ4v) is 5.51. The summed E-state index contributed by atoms with van der Waals surface area (Å²) in [5, 5.41) is 20.5. The fraction of sp³-hybridized carbons (Fsp3) is 0.545. The number of alkyl halides is 1. The van der Waals surface area contributed by atoms with Crippen molar-refractivity contribution in [1.29, 1.82) is 0 Å². The molecule has 1 aliphatic carbocycles. The summed E-state index contributed by atoms with van der Waals surface area (Å²) >= 11 is 7.88. The van der Waals surface area contributed by atoms with E-state index in [9.17, 15) is 9.90 Å². The SMILES string of the molecule is O=C(O)c1cnc(CCCC2C(Cl)CCN2c2ccc(C(O)C3CCC3)cc2)s1. The van der Waals surface area contributed by atoms with Gasteiger partial charge in [-0.05, 0) is 62.1 Å². The summed E-state index contributed by atoms with van der Waals surface area (Å²) in [7, 11) is 0. The number of aromatic nitrogens is 1. The Morgan fingerprint density at radius 2 is 2.03 bits per heavy atom. The number of benzene rings is 1. The standard InChI is InChI=1S/C22H27ClN2O3S/c23-17-11-12-25(16-9-7-15(8-10-16)21(26)14-3-1-4-14)18(17)5-2-6-20-24-13-19(29-20)22(27)28/h7-10,13-14,17-18,21,26H,1-6,11-12H2,(H,27,28). The highest BCUT2D eigenvalue weighted by atomic mass is 35.5. The smallest absolute Gasteiger partial charge is 0.347 e. The van der Waals surface area contributed by atoms with Gasteiger partial charge in [-0.2, -0.15) is 0 Å². The van der Waals surface area contributed by atoms with Crippen LogP contribution in [-0.4, -0.2) is 39.1 Å². The molecule has 0 spiro atoms. The average molecular weight is 435 g/mol. The van der Waals surface area contributed by atoms with E-state index in [1.54, 1.807) is 0 Å². The number of carboxylic acid groups (broad SMARTS) is 1. The van der Waals surface area contributed by atoms with Gasteiger partial charge in [0.15, 0.2) is 0 Å². The highest BCUT2D eigenvalue weighted by Crippen LogP contribution is 2.38. The zero-order valence-electron chi connectivity index (χ0n) is 16.3. The van der Waals surface area contributed by atoms with E-state index in [1.807, 2.05) is 0 Å².